The van der Waals surface area contributed by atoms with E-state index in [1.165, 1.54) is 12.8 Å². The summed E-state index contributed by atoms with van der Waals surface area (Å²) in [6, 6.07) is 7.84. The summed E-state index contributed by atoms with van der Waals surface area (Å²) in [6.45, 7) is 2.66. The molecule has 6 heteroatoms. The average molecular weight is 345 g/mol. The first-order chi connectivity index (χ1) is 12.1. The number of guanidine groups is 1. The van der Waals surface area contributed by atoms with Crippen molar-refractivity contribution in [3.05, 3.63) is 48.3 Å². The molecule has 0 aromatic carbocycles. The van der Waals surface area contributed by atoms with Gasteiger partial charge < -0.3 is 24.6 Å². The fourth-order valence-electron chi connectivity index (χ4n) is 3.07. The van der Waals surface area contributed by atoms with E-state index in [1.807, 2.05) is 12.1 Å². The molecule has 25 heavy (non-hydrogen) atoms. The van der Waals surface area contributed by atoms with E-state index in [1.54, 1.807) is 31.6 Å². The van der Waals surface area contributed by atoms with Crippen LogP contribution in [-0.2, 0) is 12.0 Å². The van der Waals surface area contributed by atoms with Gasteiger partial charge in [0.05, 0.1) is 19.1 Å². The molecule has 6 nitrogen and oxygen atoms in total. The maximum atomic E-state index is 10.6. The molecule has 2 aromatic rings. The lowest BCUT2D eigenvalue weighted by atomic mass is 10.0. The Hall–Kier alpha value is -2.21. The molecule has 0 spiro atoms. The Morgan fingerprint density at radius 1 is 1.24 bits per heavy atom. The van der Waals surface area contributed by atoms with Crippen molar-refractivity contribution in [2.24, 2.45) is 4.99 Å². The van der Waals surface area contributed by atoms with E-state index in [0.29, 0.717) is 11.8 Å². The Labute approximate surface area is 148 Å². The molecular weight excluding hydrogens is 318 g/mol. The van der Waals surface area contributed by atoms with Crippen LogP contribution in [0, 0.1) is 0 Å². The summed E-state index contributed by atoms with van der Waals surface area (Å²) in [6.07, 6.45) is 8.85. The third-order valence-electron chi connectivity index (χ3n) is 4.54. The molecule has 0 aliphatic heterocycles. The Balaban J connectivity index is 1.59. The van der Waals surface area contributed by atoms with Crippen LogP contribution in [0.4, 0.5) is 0 Å². The monoisotopic (exact) mass is 345 g/mol. The van der Waals surface area contributed by atoms with Crippen LogP contribution in [0.15, 0.2) is 50.6 Å². The molecule has 1 aliphatic rings. The lowest BCUT2D eigenvalue weighted by Crippen LogP contribution is -2.44. The minimum atomic E-state index is -1.13. The molecule has 2 aromatic heterocycles. The van der Waals surface area contributed by atoms with Gasteiger partial charge in [0.1, 0.15) is 17.1 Å². The number of nitrogens with one attached hydrogen (secondary N) is 2. The Morgan fingerprint density at radius 2 is 2.00 bits per heavy atom. The first-order valence-corrected chi connectivity index (χ1v) is 8.97. The SMILES string of the molecule is CC(O)(CN=C(NCCc1ccco1)NC1CCCC1)c1ccco1. The summed E-state index contributed by atoms with van der Waals surface area (Å²) in [7, 11) is 0. The number of aliphatic hydroxyl groups is 1. The van der Waals surface area contributed by atoms with Crippen molar-refractivity contribution in [1.29, 1.82) is 0 Å². The Morgan fingerprint density at radius 3 is 2.68 bits per heavy atom. The predicted molar refractivity (Wildman–Crippen MR) is 96.4 cm³/mol. The highest BCUT2D eigenvalue weighted by atomic mass is 16.4. The minimum Gasteiger partial charge on any atom is -0.469 e. The van der Waals surface area contributed by atoms with Crippen LogP contribution in [0.3, 0.4) is 0 Å². The zero-order chi connectivity index (χ0) is 17.5. The van der Waals surface area contributed by atoms with Crippen LogP contribution in [-0.4, -0.2) is 30.2 Å². The summed E-state index contributed by atoms with van der Waals surface area (Å²) in [4.78, 5) is 4.59. The Kier molecular flexibility index (Phi) is 5.81. The second kappa shape index (κ2) is 8.25. The van der Waals surface area contributed by atoms with Gasteiger partial charge in [-0.05, 0) is 44.0 Å². The quantitative estimate of drug-likeness (QED) is 0.531. The van der Waals surface area contributed by atoms with Crippen LogP contribution in [0.5, 0.6) is 0 Å². The minimum absolute atomic E-state index is 0.226. The van der Waals surface area contributed by atoms with E-state index in [2.05, 4.69) is 15.6 Å². The van der Waals surface area contributed by atoms with Gasteiger partial charge in [0.15, 0.2) is 5.96 Å². The van der Waals surface area contributed by atoms with Crippen molar-refractivity contribution in [1.82, 2.24) is 10.6 Å². The number of furan rings is 2. The predicted octanol–water partition coefficient (Wildman–Crippen LogP) is 2.80. The van der Waals surface area contributed by atoms with Gasteiger partial charge in [-0.3, -0.25) is 0 Å². The number of hydrogen-bond donors (Lipinski definition) is 3. The molecule has 1 aliphatic carbocycles. The Bertz CT molecular complexity index is 642. The van der Waals surface area contributed by atoms with E-state index in [0.717, 1.165) is 37.5 Å². The third-order valence-corrected chi connectivity index (χ3v) is 4.54. The van der Waals surface area contributed by atoms with Gasteiger partial charge >= 0.3 is 0 Å². The van der Waals surface area contributed by atoms with Crippen molar-refractivity contribution in [2.45, 2.75) is 50.7 Å². The molecule has 136 valence electrons. The van der Waals surface area contributed by atoms with Crippen LogP contribution < -0.4 is 10.6 Å². The summed E-state index contributed by atoms with van der Waals surface area (Å²) in [5.41, 5.74) is -1.13. The normalized spacial score (nSPS) is 18.2. The molecule has 0 bridgehead atoms. The first-order valence-electron chi connectivity index (χ1n) is 8.97. The lowest BCUT2D eigenvalue weighted by molar-refractivity contribution is 0.0436. The molecule has 1 fully saturated rings. The van der Waals surface area contributed by atoms with Gasteiger partial charge in [-0.1, -0.05) is 12.8 Å². The highest BCUT2D eigenvalue weighted by molar-refractivity contribution is 5.80. The molecule has 1 saturated carbocycles. The van der Waals surface area contributed by atoms with Gasteiger partial charge in [0, 0.05) is 19.0 Å². The zero-order valence-corrected chi connectivity index (χ0v) is 14.7. The van der Waals surface area contributed by atoms with Crippen molar-refractivity contribution < 1.29 is 13.9 Å². The van der Waals surface area contributed by atoms with Gasteiger partial charge in [-0.2, -0.15) is 0 Å². The topological polar surface area (TPSA) is 82.9 Å². The van der Waals surface area contributed by atoms with Gasteiger partial charge in [0.2, 0.25) is 0 Å². The second-order valence-electron chi connectivity index (χ2n) is 6.80. The molecule has 0 saturated heterocycles. The number of rotatable bonds is 7. The van der Waals surface area contributed by atoms with E-state index in [4.69, 9.17) is 8.83 Å². The maximum Gasteiger partial charge on any atom is 0.191 e. The standard InChI is InChI=1S/C19H27N3O3/c1-19(23,17-9-5-13-25-17)14-21-18(22-15-6-2-3-7-15)20-11-10-16-8-4-12-24-16/h4-5,8-9,12-13,15,23H,2-3,6-7,10-11,14H2,1H3,(H2,20,21,22). The molecule has 2 heterocycles. The van der Waals surface area contributed by atoms with Crippen LogP contribution >= 0.6 is 0 Å². The summed E-state index contributed by atoms with van der Waals surface area (Å²) in [5.74, 6) is 2.19. The van der Waals surface area contributed by atoms with E-state index in [9.17, 15) is 5.11 Å². The number of nitrogens with zero attached hydrogens (tertiary/aromatic N) is 1. The van der Waals surface area contributed by atoms with Gasteiger partial charge in [-0.25, -0.2) is 4.99 Å². The lowest BCUT2D eigenvalue weighted by Gasteiger charge is -2.21. The van der Waals surface area contributed by atoms with E-state index >= 15 is 0 Å². The second-order valence-corrected chi connectivity index (χ2v) is 6.80. The van der Waals surface area contributed by atoms with Crippen molar-refractivity contribution in [2.75, 3.05) is 13.1 Å². The molecule has 0 amide bonds. The summed E-state index contributed by atoms with van der Waals surface area (Å²) in [5, 5.41) is 17.4. The molecule has 1 atom stereocenters. The highest BCUT2D eigenvalue weighted by Crippen LogP contribution is 2.21. The highest BCUT2D eigenvalue weighted by Gasteiger charge is 2.26. The largest absolute Gasteiger partial charge is 0.469 e. The number of hydrogen-bond acceptors (Lipinski definition) is 4. The molecular formula is C19H27N3O3. The fraction of sp³-hybridized carbons (Fsp3) is 0.526. The first kappa shape index (κ1) is 17.6. The molecule has 1 unspecified atom stereocenters. The third kappa shape index (κ3) is 5.13. The fourth-order valence-corrected chi connectivity index (χ4v) is 3.07. The smallest absolute Gasteiger partial charge is 0.191 e. The van der Waals surface area contributed by atoms with Crippen molar-refractivity contribution in [3.63, 3.8) is 0 Å². The van der Waals surface area contributed by atoms with Crippen molar-refractivity contribution in [3.8, 4) is 0 Å². The zero-order valence-electron chi connectivity index (χ0n) is 14.7. The summed E-state index contributed by atoms with van der Waals surface area (Å²) < 4.78 is 10.7. The maximum absolute atomic E-state index is 10.6. The summed E-state index contributed by atoms with van der Waals surface area (Å²) >= 11 is 0. The average Bonchev–Trinajstić information content (AvgIpc) is 3.34. The van der Waals surface area contributed by atoms with Crippen LogP contribution in [0.25, 0.3) is 0 Å². The molecule has 3 rings (SSSR count). The van der Waals surface area contributed by atoms with Gasteiger partial charge in [-0.15, -0.1) is 0 Å². The molecule has 0 radical (unpaired) electrons. The van der Waals surface area contributed by atoms with Gasteiger partial charge in [0.25, 0.3) is 0 Å². The van der Waals surface area contributed by atoms with Crippen LogP contribution in [0.2, 0.25) is 0 Å². The van der Waals surface area contributed by atoms with E-state index in [-0.39, 0.29) is 6.54 Å². The van der Waals surface area contributed by atoms with Crippen LogP contribution in [0.1, 0.15) is 44.1 Å². The van der Waals surface area contributed by atoms with Crippen molar-refractivity contribution >= 4 is 5.96 Å². The molecule has 3 N–H and O–H groups in total. The number of aliphatic imine (C=N–C) groups is 1. The van der Waals surface area contributed by atoms with E-state index < -0.39 is 5.60 Å².